The highest BCUT2D eigenvalue weighted by molar-refractivity contribution is 5.93. The van der Waals surface area contributed by atoms with Crippen molar-refractivity contribution in [1.82, 2.24) is 10.2 Å². The van der Waals surface area contributed by atoms with Gasteiger partial charge in [0, 0.05) is 24.3 Å². The van der Waals surface area contributed by atoms with Crippen LogP contribution in [0.1, 0.15) is 18.4 Å². The number of aryl methyl sites for hydroxylation is 1. The van der Waals surface area contributed by atoms with Crippen LogP contribution in [0.15, 0.2) is 60.7 Å². The second-order valence-electron chi connectivity index (χ2n) is 7.42. The van der Waals surface area contributed by atoms with Gasteiger partial charge in [0.15, 0.2) is 5.82 Å². The van der Waals surface area contributed by atoms with E-state index < -0.39 is 0 Å². The second kappa shape index (κ2) is 8.39. The topological polar surface area (TPSA) is 58.1 Å². The molecule has 5 nitrogen and oxygen atoms in total. The Hall–Kier alpha value is -3.28. The van der Waals surface area contributed by atoms with Crippen LogP contribution in [-0.2, 0) is 4.79 Å². The number of benzene rings is 2. The summed E-state index contributed by atoms with van der Waals surface area (Å²) in [5.74, 6) is 0.262. The Kier molecular flexibility index (Phi) is 5.51. The van der Waals surface area contributed by atoms with Crippen molar-refractivity contribution >= 4 is 17.4 Å². The first-order valence-corrected chi connectivity index (χ1v) is 9.80. The monoisotopic (exact) mass is 390 g/mol. The molecule has 1 aliphatic heterocycles. The van der Waals surface area contributed by atoms with Crippen LogP contribution < -0.4 is 10.2 Å². The molecule has 0 aliphatic carbocycles. The lowest BCUT2D eigenvalue weighted by Gasteiger charge is -2.32. The highest BCUT2D eigenvalue weighted by Crippen LogP contribution is 2.24. The number of hydrogen-bond acceptors (Lipinski definition) is 4. The van der Waals surface area contributed by atoms with Crippen molar-refractivity contribution in [3.8, 4) is 11.3 Å². The lowest BCUT2D eigenvalue weighted by molar-refractivity contribution is -0.120. The van der Waals surface area contributed by atoms with Crippen molar-refractivity contribution in [3.05, 3.63) is 72.0 Å². The molecule has 0 radical (unpaired) electrons. The van der Waals surface area contributed by atoms with Crippen molar-refractivity contribution in [2.24, 2.45) is 5.92 Å². The van der Waals surface area contributed by atoms with Gasteiger partial charge in [0.1, 0.15) is 5.82 Å². The number of piperidine rings is 1. The van der Waals surface area contributed by atoms with E-state index in [0.717, 1.165) is 36.5 Å². The van der Waals surface area contributed by atoms with E-state index in [1.807, 2.05) is 24.3 Å². The van der Waals surface area contributed by atoms with Gasteiger partial charge >= 0.3 is 0 Å². The normalized spacial score (nSPS) is 16.5. The zero-order valence-electron chi connectivity index (χ0n) is 16.3. The lowest BCUT2D eigenvalue weighted by atomic mass is 9.97. The van der Waals surface area contributed by atoms with Crippen LogP contribution in [-0.4, -0.2) is 29.2 Å². The third-order valence-corrected chi connectivity index (χ3v) is 5.23. The molecule has 1 fully saturated rings. The Morgan fingerprint density at radius 3 is 2.48 bits per heavy atom. The minimum Gasteiger partial charge on any atom is -0.354 e. The summed E-state index contributed by atoms with van der Waals surface area (Å²) in [6.07, 6.45) is 1.72. The largest absolute Gasteiger partial charge is 0.354 e. The Morgan fingerprint density at radius 1 is 1.03 bits per heavy atom. The molecular weight excluding hydrogens is 367 g/mol. The highest BCUT2D eigenvalue weighted by atomic mass is 19.1. The molecule has 1 unspecified atom stereocenters. The maximum Gasteiger partial charge on any atom is 0.229 e. The minimum absolute atomic E-state index is 0.0504. The predicted molar refractivity (Wildman–Crippen MR) is 112 cm³/mol. The summed E-state index contributed by atoms with van der Waals surface area (Å²) in [6.45, 7) is 3.49. The summed E-state index contributed by atoms with van der Waals surface area (Å²) >= 11 is 0. The first-order chi connectivity index (χ1) is 14.1. The third kappa shape index (κ3) is 4.59. The number of anilines is 2. The molecule has 1 amide bonds. The first-order valence-electron chi connectivity index (χ1n) is 9.80. The number of aromatic nitrogens is 2. The zero-order chi connectivity index (χ0) is 20.2. The number of halogens is 1. The fourth-order valence-corrected chi connectivity index (χ4v) is 3.55. The standard InChI is InChI=1S/C23H23FN4O/c1-16-4-6-17(7-5-16)21-12-13-22(27-26-21)28-14-2-3-18(15-28)23(29)25-20-10-8-19(24)9-11-20/h4-13,18H,2-3,14-15H2,1H3,(H,25,29). The summed E-state index contributed by atoms with van der Waals surface area (Å²) in [7, 11) is 0. The van der Waals surface area contributed by atoms with Crippen molar-refractivity contribution in [1.29, 1.82) is 0 Å². The van der Waals surface area contributed by atoms with E-state index in [1.165, 1.54) is 17.7 Å². The molecule has 2 aromatic carbocycles. The van der Waals surface area contributed by atoms with Crippen LogP contribution in [0.3, 0.4) is 0 Å². The Bertz CT molecular complexity index is 971. The molecule has 1 aliphatic rings. The number of nitrogens with one attached hydrogen (secondary N) is 1. The van der Waals surface area contributed by atoms with Crippen molar-refractivity contribution in [3.63, 3.8) is 0 Å². The Balaban J connectivity index is 1.41. The molecule has 0 spiro atoms. The number of amides is 1. The summed E-state index contributed by atoms with van der Waals surface area (Å²) in [4.78, 5) is 14.7. The van der Waals surface area contributed by atoms with E-state index in [-0.39, 0.29) is 17.6 Å². The molecule has 1 atom stereocenters. The third-order valence-electron chi connectivity index (χ3n) is 5.23. The number of carbonyl (C=O) groups excluding carboxylic acids is 1. The molecule has 1 aromatic heterocycles. The smallest absolute Gasteiger partial charge is 0.229 e. The molecule has 0 saturated carbocycles. The molecule has 4 rings (SSSR count). The number of hydrogen-bond donors (Lipinski definition) is 1. The van der Waals surface area contributed by atoms with E-state index in [4.69, 9.17) is 0 Å². The number of nitrogens with zero attached hydrogens (tertiary/aromatic N) is 3. The fraction of sp³-hybridized carbons (Fsp3) is 0.261. The lowest BCUT2D eigenvalue weighted by Crippen LogP contribution is -2.41. The van der Waals surface area contributed by atoms with E-state index >= 15 is 0 Å². The summed E-state index contributed by atoms with van der Waals surface area (Å²) in [5, 5.41) is 11.6. The molecule has 0 bridgehead atoms. The van der Waals surface area contributed by atoms with Crippen LogP contribution in [0, 0.1) is 18.7 Å². The van der Waals surface area contributed by atoms with Crippen molar-refractivity contribution in [2.45, 2.75) is 19.8 Å². The first kappa shape index (κ1) is 19.1. The molecule has 1 saturated heterocycles. The van der Waals surface area contributed by atoms with Gasteiger partial charge in [-0.3, -0.25) is 4.79 Å². The summed E-state index contributed by atoms with van der Waals surface area (Å²) in [5.41, 5.74) is 3.67. The molecule has 3 aromatic rings. The zero-order valence-corrected chi connectivity index (χ0v) is 16.3. The van der Waals surface area contributed by atoms with Gasteiger partial charge in [0.2, 0.25) is 5.91 Å². The van der Waals surface area contributed by atoms with Crippen LogP contribution in [0.4, 0.5) is 15.9 Å². The van der Waals surface area contributed by atoms with Gasteiger partial charge in [-0.15, -0.1) is 10.2 Å². The van der Waals surface area contributed by atoms with Gasteiger partial charge in [-0.2, -0.15) is 0 Å². The SMILES string of the molecule is Cc1ccc(-c2ccc(N3CCCC(C(=O)Nc4ccc(F)cc4)C3)nn2)cc1. The van der Waals surface area contributed by atoms with Crippen LogP contribution in [0.2, 0.25) is 0 Å². The minimum atomic E-state index is -0.320. The summed E-state index contributed by atoms with van der Waals surface area (Å²) < 4.78 is 13.0. The Morgan fingerprint density at radius 2 is 1.79 bits per heavy atom. The number of carbonyl (C=O) groups is 1. The van der Waals surface area contributed by atoms with Gasteiger partial charge in [0.05, 0.1) is 11.6 Å². The maximum absolute atomic E-state index is 13.0. The van der Waals surface area contributed by atoms with Gasteiger partial charge in [-0.25, -0.2) is 4.39 Å². The second-order valence-corrected chi connectivity index (χ2v) is 7.42. The van der Waals surface area contributed by atoms with Crippen LogP contribution >= 0.6 is 0 Å². The van der Waals surface area contributed by atoms with Gasteiger partial charge in [-0.05, 0) is 56.2 Å². The maximum atomic E-state index is 13.0. The van der Waals surface area contributed by atoms with E-state index in [0.29, 0.717) is 12.2 Å². The van der Waals surface area contributed by atoms with E-state index in [9.17, 15) is 9.18 Å². The number of rotatable bonds is 4. The van der Waals surface area contributed by atoms with Crippen LogP contribution in [0.25, 0.3) is 11.3 Å². The molecule has 6 heteroatoms. The Labute approximate surface area is 169 Å². The molecule has 148 valence electrons. The molecule has 2 heterocycles. The average Bonchev–Trinajstić information content (AvgIpc) is 2.76. The highest BCUT2D eigenvalue weighted by Gasteiger charge is 2.26. The quantitative estimate of drug-likeness (QED) is 0.715. The van der Waals surface area contributed by atoms with E-state index in [2.05, 4.69) is 39.5 Å². The van der Waals surface area contributed by atoms with Crippen LogP contribution in [0.5, 0.6) is 0 Å². The molecular formula is C23H23FN4O. The molecule has 29 heavy (non-hydrogen) atoms. The van der Waals surface area contributed by atoms with Crippen molar-refractivity contribution in [2.75, 3.05) is 23.3 Å². The van der Waals surface area contributed by atoms with Gasteiger partial charge in [0.25, 0.3) is 0 Å². The summed E-state index contributed by atoms with van der Waals surface area (Å²) in [6, 6.07) is 17.9. The van der Waals surface area contributed by atoms with Gasteiger partial charge in [-0.1, -0.05) is 29.8 Å². The van der Waals surface area contributed by atoms with E-state index in [1.54, 1.807) is 12.1 Å². The fourth-order valence-electron chi connectivity index (χ4n) is 3.55. The predicted octanol–water partition coefficient (Wildman–Crippen LogP) is 4.45. The van der Waals surface area contributed by atoms with Gasteiger partial charge < -0.3 is 10.2 Å². The average molecular weight is 390 g/mol. The van der Waals surface area contributed by atoms with Crippen molar-refractivity contribution < 1.29 is 9.18 Å². The molecule has 1 N–H and O–H groups in total.